The van der Waals surface area contributed by atoms with E-state index in [0.717, 1.165) is 18.4 Å². The minimum Gasteiger partial charge on any atom is -0.352 e. The monoisotopic (exact) mass is 426 g/mol. The molecule has 0 aliphatic heterocycles. The van der Waals surface area contributed by atoms with Crippen LogP contribution >= 0.6 is 0 Å². The van der Waals surface area contributed by atoms with Crippen molar-refractivity contribution in [3.05, 3.63) is 95.8 Å². The van der Waals surface area contributed by atoms with E-state index in [0.29, 0.717) is 17.8 Å². The lowest BCUT2D eigenvalue weighted by Gasteiger charge is -2.19. The second kappa shape index (κ2) is 9.54. The Morgan fingerprint density at radius 3 is 2.20 bits per heavy atom. The molecule has 0 radical (unpaired) electrons. The van der Waals surface area contributed by atoms with Crippen molar-refractivity contribution >= 4 is 21.6 Å². The standard InChI is InChI=1S/C23H23FN2O3S/c1-26(30(28,29)22-7-3-2-4-8-22)21-15-11-19(12-16-21)23(27)25-17-5-6-18-9-13-20(24)14-10-18/h2-4,7-16H,5-6,17H2,1H3,(H,25,27). The van der Waals surface area contributed by atoms with Gasteiger partial charge in [-0.1, -0.05) is 30.3 Å². The van der Waals surface area contributed by atoms with Crippen LogP contribution in [0.1, 0.15) is 22.3 Å². The molecular weight excluding hydrogens is 403 g/mol. The molecule has 0 aromatic heterocycles. The number of halogens is 1. The lowest BCUT2D eigenvalue weighted by molar-refractivity contribution is 0.0953. The Kier molecular flexibility index (Phi) is 6.84. The Labute approximate surface area is 176 Å². The van der Waals surface area contributed by atoms with Gasteiger partial charge in [0, 0.05) is 19.2 Å². The van der Waals surface area contributed by atoms with Crippen molar-refractivity contribution in [3.8, 4) is 0 Å². The fourth-order valence-corrected chi connectivity index (χ4v) is 4.18. The molecule has 0 unspecified atom stereocenters. The van der Waals surface area contributed by atoms with Crippen LogP contribution in [0.5, 0.6) is 0 Å². The third-order valence-corrected chi connectivity index (χ3v) is 6.54. The largest absolute Gasteiger partial charge is 0.352 e. The molecular formula is C23H23FN2O3S. The van der Waals surface area contributed by atoms with E-state index >= 15 is 0 Å². The van der Waals surface area contributed by atoms with Crippen molar-refractivity contribution in [2.24, 2.45) is 0 Å². The Morgan fingerprint density at radius 2 is 1.57 bits per heavy atom. The van der Waals surface area contributed by atoms with Gasteiger partial charge in [0.1, 0.15) is 5.82 Å². The highest BCUT2D eigenvalue weighted by atomic mass is 32.2. The summed E-state index contributed by atoms with van der Waals surface area (Å²) in [5, 5.41) is 2.84. The highest BCUT2D eigenvalue weighted by molar-refractivity contribution is 7.92. The van der Waals surface area contributed by atoms with Gasteiger partial charge in [0.25, 0.3) is 15.9 Å². The summed E-state index contributed by atoms with van der Waals surface area (Å²) in [6.45, 7) is 0.486. The number of nitrogens with one attached hydrogen (secondary N) is 1. The van der Waals surface area contributed by atoms with Gasteiger partial charge in [0.15, 0.2) is 0 Å². The van der Waals surface area contributed by atoms with Crippen LogP contribution in [-0.4, -0.2) is 27.9 Å². The smallest absolute Gasteiger partial charge is 0.264 e. The summed E-state index contributed by atoms with van der Waals surface area (Å²) in [6.07, 6.45) is 1.47. The quantitative estimate of drug-likeness (QED) is 0.554. The molecule has 1 amide bonds. The molecule has 0 spiro atoms. The first-order chi connectivity index (χ1) is 14.4. The van der Waals surface area contributed by atoms with Gasteiger partial charge in [-0.05, 0) is 66.9 Å². The van der Waals surface area contributed by atoms with Gasteiger partial charge in [-0.3, -0.25) is 9.10 Å². The van der Waals surface area contributed by atoms with Crippen molar-refractivity contribution in [1.82, 2.24) is 5.32 Å². The summed E-state index contributed by atoms with van der Waals surface area (Å²) >= 11 is 0. The number of anilines is 1. The Hall–Kier alpha value is -3.19. The molecule has 0 saturated heterocycles. The average molecular weight is 427 g/mol. The lowest BCUT2D eigenvalue weighted by atomic mass is 10.1. The molecule has 3 aromatic rings. The molecule has 0 atom stereocenters. The first-order valence-corrected chi connectivity index (χ1v) is 11.0. The van der Waals surface area contributed by atoms with Crippen LogP contribution in [0.25, 0.3) is 0 Å². The normalized spacial score (nSPS) is 11.1. The van der Waals surface area contributed by atoms with Crippen molar-refractivity contribution in [3.63, 3.8) is 0 Å². The molecule has 1 N–H and O–H groups in total. The summed E-state index contributed by atoms with van der Waals surface area (Å²) in [5.74, 6) is -0.494. The molecule has 0 heterocycles. The van der Waals surface area contributed by atoms with E-state index in [2.05, 4.69) is 5.32 Å². The first kappa shape index (κ1) is 21.5. The highest BCUT2D eigenvalue weighted by Gasteiger charge is 2.21. The second-order valence-corrected chi connectivity index (χ2v) is 8.79. The summed E-state index contributed by atoms with van der Waals surface area (Å²) in [6, 6.07) is 20.9. The van der Waals surface area contributed by atoms with E-state index in [1.165, 1.54) is 23.5 Å². The number of hydrogen-bond donors (Lipinski definition) is 1. The van der Waals surface area contributed by atoms with E-state index in [1.807, 2.05) is 0 Å². The van der Waals surface area contributed by atoms with E-state index in [4.69, 9.17) is 0 Å². The molecule has 7 heteroatoms. The van der Waals surface area contributed by atoms with E-state index in [-0.39, 0.29) is 16.6 Å². The number of rotatable bonds is 8. The van der Waals surface area contributed by atoms with Gasteiger partial charge >= 0.3 is 0 Å². The topological polar surface area (TPSA) is 66.5 Å². The summed E-state index contributed by atoms with van der Waals surface area (Å²) in [7, 11) is -2.18. The average Bonchev–Trinajstić information content (AvgIpc) is 2.78. The SMILES string of the molecule is CN(c1ccc(C(=O)NCCCc2ccc(F)cc2)cc1)S(=O)(=O)c1ccccc1. The van der Waals surface area contributed by atoms with Gasteiger partial charge in [-0.15, -0.1) is 0 Å². The first-order valence-electron chi connectivity index (χ1n) is 9.54. The van der Waals surface area contributed by atoms with Crippen molar-refractivity contribution in [1.29, 1.82) is 0 Å². The zero-order valence-electron chi connectivity index (χ0n) is 16.6. The Morgan fingerprint density at radius 1 is 0.933 bits per heavy atom. The molecule has 0 saturated carbocycles. The van der Waals surface area contributed by atoms with Crippen LogP contribution in [0.2, 0.25) is 0 Å². The van der Waals surface area contributed by atoms with Crippen LogP contribution in [0.15, 0.2) is 83.8 Å². The van der Waals surface area contributed by atoms with Crippen molar-refractivity contribution in [2.75, 3.05) is 17.9 Å². The van der Waals surface area contributed by atoms with Gasteiger partial charge in [0.2, 0.25) is 0 Å². The van der Waals surface area contributed by atoms with Gasteiger partial charge in [0.05, 0.1) is 10.6 Å². The fourth-order valence-electron chi connectivity index (χ4n) is 2.96. The van der Waals surface area contributed by atoms with Gasteiger partial charge < -0.3 is 5.32 Å². The van der Waals surface area contributed by atoms with Crippen LogP contribution in [0.3, 0.4) is 0 Å². The summed E-state index contributed by atoms with van der Waals surface area (Å²) in [5.41, 5.74) is 1.93. The molecule has 3 rings (SSSR count). The van der Waals surface area contributed by atoms with Crippen LogP contribution in [0.4, 0.5) is 10.1 Å². The third-order valence-electron chi connectivity index (χ3n) is 4.74. The highest BCUT2D eigenvalue weighted by Crippen LogP contribution is 2.22. The van der Waals surface area contributed by atoms with Crippen LogP contribution < -0.4 is 9.62 Å². The van der Waals surface area contributed by atoms with E-state index in [1.54, 1.807) is 66.7 Å². The van der Waals surface area contributed by atoms with E-state index < -0.39 is 10.0 Å². The zero-order valence-corrected chi connectivity index (χ0v) is 17.4. The van der Waals surface area contributed by atoms with Gasteiger partial charge in [-0.2, -0.15) is 0 Å². The number of aryl methyl sites for hydroxylation is 1. The number of carbonyl (C=O) groups is 1. The maximum Gasteiger partial charge on any atom is 0.264 e. The Bertz CT molecular complexity index is 1080. The lowest BCUT2D eigenvalue weighted by Crippen LogP contribution is -2.27. The third kappa shape index (κ3) is 5.24. The van der Waals surface area contributed by atoms with Crippen LogP contribution in [0, 0.1) is 5.82 Å². The molecule has 3 aromatic carbocycles. The minimum absolute atomic E-state index is 0.204. The summed E-state index contributed by atoms with van der Waals surface area (Å²) in [4.78, 5) is 12.5. The van der Waals surface area contributed by atoms with Gasteiger partial charge in [-0.25, -0.2) is 12.8 Å². The molecule has 0 fully saturated rings. The molecule has 0 bridgehead atoms. The second-order valence-electron chi connectivity index (χ2n) is 6.82. The molecule has 30 heavy (non-hydrogen) atoms. The molecule has 0 aliphatic rings. The Balaban J connectivity index is 1.55. The number of sulfonamides is 1. The summed E-state index contributed by atoms with van der Waals surface area (Å²) < 4.78 is 39.5. The number of hydrogen-bond acceptors (Lipinski definition) is 3. The minimum atomic E-state index is -3.66. The molecule has 5 nitrogen and oxygen atoms in total. The predicted octanol–water partition coefficient (Wildman–Crippen LogP) is 4.01. The predicted molar refractivity (Wildman–Crippen MR) is 116 cm³/mol. The number of carbonyl (C=O) groups excluding carboxylic acids is 1. The number of nitrogens with zero attached hydrogens (tertiary/aromatic N) is 1. The zero-order chi connectivity index (χ0) is 21.6. The van der Waals surface area contributed by atoms with Crippen molar-refractivity contribution in [2.45, 2.75) is 17.7 Å². The van der Waals surface area contributed by atoms with Crippen molar-refractivity contribution < 1.29 is 17.6 Å². The fraction of sp³-hybridized carbons (Fsp3) is 0.174. The molecule has 156 valence electrons. The maximum atomic E-state index is 12.9. The molecule has 0 aliphatic carbocycles. The van der Waals surface area contributed by atoms with Crippen LogP contribution in [-0.2, 0) is 16.4 Å². The number of benzene rings is 3. The maximum absolute atomic E-state index is 12.9. The number of amides is 1. The van der Waals surface area contributed by atoms with E-state index in [9.17, 15) is 17.6 Å².